The van der Waals surface area contributed by atoms with E-state index < -0.39 is 0 Å². The lowest BCUT2D eigenvalue weighted by molar-refractivity contribution is 0.354. The zero-order chi connectivity index (χ0) is 18.7. The summed E-state index contributed by atoms with van der Waals surface area (Å²) in [5, 5.41) is 0. The normalized spacial score (nSPS) is 10.7. The molecule has 1 atom stereocenters. The summed E-state index contributed by atoms with van der Waals surface area (Å²) >= 11 is 0. The second-order valence-corrected chi connectivity index (χ2v) is 5.97. The fourth-order valence-corrected chi connectivity index (χ4v) is 2.50. The zero-order valence-electron chi connectivity index (χ0n) is 16.5. The first-order valence-electron chi connectivity index (χ1n) is 8.63. The Hall–Kier alpha value is -1.91. The Morgan fingerprint density at radius 2 is 1.58 bits per heavy atom. The van der Waals surface area contributed by atoms with Gasteiger partial charge in [-0.25, -0.2) is 0 Å². The molecular formula is C21H32ClNO3. The Labute approximate surface area is 164 Å². The van der Waals surface area contributed by atoms with Gasteiger partial charge in [0.2, 0.25) is 0 Å². The van der Waals surface area contributed by atoms with Gasteiger partial charge in [-0.05, 0) is 55.2 Å². The second kappa shape index (κ2) is 13.3. The van der Waals surface area contributed by atoms with E-state index in [9.17, 15) is 0 Å². The van der Waals surface area contributed by atoms with Gasteiger partial charge < -0.3 is 19.9 Å². The highest BCUT2D eigenvalue weighted by Crippen LogP contribution is 2.27. The maximum Gasteiger partial charge on any atom is 0.160 e. The van der Waals surface area contributed by atoms with E-state index in [0.717, 1.165) is 36.5 Å². The van der Waals surface area contributed by atoms with Gasteiger partial charge in [0.1, 0.15) is 5.75 Å². The number of aryl methyl sites for hydroxylation is 1. The Bertz CT molecular complexity index is 632. The van der Waals surface area contributed by atoms with Gasteiger partial charge in [0, 0.05) is 6.04 Å². The molecule has 4 nitrogen and oxygen atoms in total. The molecule has 2 N–H and O–H groups in total. The van der Waals surface area contributed by atoms with Crippen LogP contribution in [0.25, 0.3) is 0 Å². The molecular weight excluding hydrogens is 350 g/mol. The molecule has 2 aromatic carbocycles. The summed E-state index contributed by atoms with van der Waals surface area (Å²) in [5.74, 6) is 2.50. The highest BCUT2D eigenvalue weighted by atomic mass is 35.5. The van der Waals surface area contributed by atoms with Crippen LogP contribution in [0, 0.1) is 0 Å². The van der Waals surface area contributed by atoms with E-state index in [1.54, 1.807) is 21.3 Å². The molecule has 26 heavy (non-hydrogen) atoms. The lowest BCUT2D eigenvalue weighted by Crippen LogP contribution is -2.17. The first kappa shape index (κ1) is 24.1. The molecule has 0 amide bonds. The minimum absolute atomic E-state index is 0. The summed E-state index contributed by atoms with van der Waals surface area (Å²) in [7, 11) is 4.98. The molecule has 0 radical (unpaired) electrons. The maximum atomic E-state index is 5.68. The van der Waals surface area contributed by atoms with Gasteiger partial charge in [-0.1, -0.05) is 31.5 Å². The van der Waals surface area contributed by atoms with Crippen molar-refractivity contribution >= 4 is 12.4 Å². The molecule has 146 valence electrons. The molecule has 0 heterocycles. The van der Waals surface area contributed by atoms with Crippen LogP contribution in [0.4, 0.5) is 0 Å². The van der Waals surface area contributed by atoms with Gasteiger partial charge in [0.05, 0.1) is 21.3 Å². The Balaban J connectivity index is 0.000000464. The maximum absolute atomic E-state index is 5.68. The summed E-state index contributed by atoms with van der Waals surface area (Å²) in [6.07, 6.45) is 3.13. The van der Waals surface area contributed by atoms with E-state index >= 15 is 0 Å². The number of halogens is 1. The summed E-state index contributed by atoms with van der Waals surface area (Å²) in [6, 6.07) is 14.3. The topological polar surface area (TPSA) is 53.7 Å². The van der Waals surface area contributed by atoms with Crippen LogP contribution in [0.15, 0.2) is 42.5 Å². The molecule has 0 aliphatic carbocycles. The molecule has 0 aliphatic rings. The van der Waals surface area contributed by atoms with Gasteiger partial charge in [0.25, 0.3) is 0 Å². The smallest absolute Gasteiger partial charge is 0.160 e. The van der Waals surface area contributed by atoms with Crippen LogP contribution < -0.4 is 19.9 Å². The van der Waals surface area contributed by atoms with Crippen molar-refractivity contribution in [3.63, 3.8) is 0 Å². The minimum atomic E-state index is 0. The third kappa shape index (κ3) is 8.45. The molecule has 0 aromatic heterocycles. The van der Waals surface area contributed by atoms with Crippen LogP contribution in [0.1, 0.15) is 31.4 Å². The largest absolute Gasteiger partial charge is 0.497 e. The van der Waals surface area contributed by atoms with E-state index in [1.165, 1.54) is 11.1 Å². The zero-order valence-corrected chi connectivity index (χ0v) is 17.3. The highest BCUT2D eigenvalue weighted by molar-refractivity contribution is 5.85. The molecule has 0 saturated carbocycles. The van der Waals surface area contributed by atoms with Gasteiger partial charge in [-0.2, -0.15) is 0 Å². The Morgan fingerprint density at radius 3 is 2.12 bits per heavy atom. The standard InChI is InChI=1S/C11H16O2.C10H15NO.ClH/c1-4-5-9-6-7-10(12-2)11(8-9)13-3;1-8(11)6-9-4-3-5-10(7-9)12-2;/h6-8H,4-5H2,1-3H3;3-5,7-8H,6,11H2,1-2H3;1H. The molecule has 0 aliphatic heterocycles. The third-order valence-corrected chi connectivity index (χ3v) is 3.68. The summed E-state index contributed by atoms with van der Waals surface area (Å²) in [4.78, 5) is 0. The van der Waals surface area contributed by atoms with E-state index in [-0.39, 0.29) is 18.4 Å². The number of hydrogen-bond donors (Lipinski definition) is 1. The van der Waals surface area contributed by atoms with Crippen molar-refractivity contribution in [1.82, 2.24) is 0 Å². The molecule has 0 bridgehead atoms. The molecule has 1 unspecified atom stereocenters. The van der Waals surface area contributed by atoms with Crippen LogP contribution in [-0.4, -0.2) is 27.4 Å². The number of nitrogens with two attached hydrogens (primary N) is 1. The fourth-order valence-electron chi connectivity index (χ4n) is 2.50. The molecule has 0 fully saturated rings. The fraction of sp³-hybridized carbons (Fsp3) is 0.429. The first-order chi connectivity index (χ1) is 12.0. The Morgan fingerprint density at radius 1 is 0.885 bits per heavy atom. The number of benzene rings is 2. The van der Waals surface area contributed by atoms with Crippen molar-refractivity contribution in [2.24, 2.45) is 5.73 Å². The van der Waals surface area contributed by atoms with Crippen LogP contribution in [0.5, 0.6) is 17.2 Å². The molecule has 0 saturated heterocycles. The predicted octanol–water partition coefficient (Wildman–Crippen LogP) is 4.66. The average Bonchev–Trinajstić information content (AvgIpc) is 2.62. The quantitative estimate of drug-likeness (QED) is 0.757. The lowest BCUT2D eigenvalue weighted by Gasteiger charge is -2.08. The van der Waals surface area contributed by atoms with E-state index in [1.807, 2.05) is 37.3 Å². The van der Waals surface area contributed by atoms with Crippen molar-refractivity contribution < 1.29 is 14.2 Å². The van der Waals surface area contributed by atoms with Crippen molar-refractivity contribution in [3.05, 3.63) is 53.6 Å². The monoisotopic (exact) mass is 381 g/mol. The van der Waals surface area contributed by atoms with Crippen molar-refractivity contribution in [2.45, 2.75) is 39.2 Å². The summed E-state index contributed by atoms with van der Waals surface area (Å²) in [6.45, 7) is 4.16. The lowest BCUT2D eigenvalue weighted by atomic mass is 10.1. The van der Waals surface area contributed by atoms with E-state index in [4.69, 9.17) is 19.9 Å². The summed E-state index contributed by atoms with van der Waals surface area (Å²) < 4.78 is 15.4. The minimum Gasteiger partial charge on any atom is -0.497 e. The van der Waals surface area contributed by atoms with E-state index in [0.29, 0.717) is 0 Å². The molecule has 2 aromatic rings. The molecule has 0 spiro atoms. The van der Waals surface area contributed by atoms with Crippen molar-refractivity contribution in [1.29, 1.82) is 0 Å². The van der Waals surface area contributed by atoms with Crippen LogP contribution >= 0.6 is 12.4 Å². The van der Waals surface area contributed by atoms with Crippen LogP contribution in [0.3, 0.4) is 0 Å². The number of methoxy groups -OCH3 is 3. The van der Waals surface area contributed by atoms with E-state index in [2.05, 4.69) is 19.1 Å². The van der Waals surface area contributed by atoms with Gasteiger partial charge >= 0.3 is 0 Å². The number of ether oxygens (including phenoxy) is 3. The first-order valence-corrected chi connectivity index (χ1v) is 8.63. The highest BCUT2D eigenvalue weighted by Gasteiger charge is 2.03. The number of hydrogen-bond acceptors (Lipinski definition) is 4. The molecule has 2 rings (SSSR count). The van der Waals surface area contributed by atoms with Crippen LogP contribution in [0.2, 0.25) is 0 Å². The van der Waals surface area contributed by atoms with Gasteiger partial charge in [-0.15, -0.1) is 12.4 Å². The second-order valence-electron chi connectivity index (χ2n) is 5.97. The Kier molecular flexibility index (Phi) is 12.3. The number of rotatable bonds is 7. The van der Waals surface area contributed by atoms with Crippen molar-refractivity contribution in [3.8, 4) is 17.2 Å². The SMILES string of the molecule is CCCc1ccc(OC)c(OC)c1.COc1cccc(CC(C)N)c1.Cl. The average molecular weight is 382 g/mol. The molecule has 5 heteroatoms. The van der Waals surface area contributed by atoms with Gasteiger partial charge in [-0.3, -0.25) is 0 Å². The van der Waals surface area contributed by atoms with Gasteiger partial charge in [0.15, 0.2) is 11.5 Å². The third-order valence-electron chi connectivity index (χ3n) is 3.68. The van der Waals surface area contributed by atoms with Crippen molar-refractivity contribution in [2.75, 3.05) is 21.3 Å². The summed E-state index contributed by atoms with van der Waals surface area (Å²) in [5.41, 5.74) is 8.19. The van der Waals surface area contributed by atoms with Crippen LogP contribution in [-0.2, 0) is 12.8 Å². The predicted molar refractivity (Wildman–Crippen MR) is 111 cm³/mol.